The molecule has 0 aromatic heterocycles. The monoisotopic (exact) mass is 218 g/mol. The van der Waals surface area contributed by atoms with Gasteiger partial charge in [-0.15, -0.1) is 0 Å². The van der Waals surface area contributed by atoms with E-state index in [-0.39, 0.29) is 5.78 Å². The zero-order valence-corrected chi connectivity index (χ0v) is 9.40. The van der Waals surface area contributed by atoms with Gasteiger partial charge in [0, 0.05) is 0 Å². The first-order valence-electron chi connectivity index (χ1n) is 5.14. The molecule has 0 spiro atoms. The zero-order valence-electron chi connectivity index (χ0n) is 9.40. The lowest BCUT2D eigenvalue weighted by Crippen LogP contribution is -2.17. The molecule has 0 unspecified atom stereocenters. The van der Waals surface area contributed by atoms with Crippen LogP contribution < -0.4 is 4.74 Å². The lowest BCUT2D eigenvalue weighted by atomic mass is 10.1. The predicted molar refractivity (Wildman–Crippen MR) is 61.4 cm³/mol. The highest BCUT2D eigenvalue weighted by molar-refractivity contribution is 6.01. The number of carbonyl (C=O) groups excluding carboxylic acids is 1. The molecule has 2 rings (SSSR count). The second kappa shape index (κ2) is 4.10. The molecule has 3 nitrogen and oxygen atoms in total. The quantitative estimate of drug-likeness (QED) is 0.573. The predicted octanol–water partition coefficient (Wildman–Crippen LogP) is 2.07. The summed E-state index contributed by atoms with van der Waals surface area (Å²) in [6.45, 7) is 2.33. The summed E-state index contributed by atoms with van der Waals surface area (Å²) in [7, 11) is 1.62. The molecule has 1 heterocycles. The highest BCUT2D eigenvalue weighted by atomic mass is 16.6. The van der Waals surface area contributed by atoms with Gasteiger partial charge in [-0.3, -0.25) is 4.79 Å². The van der Waals surface area contributed by atoms with Gasteiger partial charge in [0.2, 0.25) is 0 Å². The Kier molecular flexibility index (Phi) is 2.79. The van der Waals surface area contributed by atoms with Crippen LogP contribution in [-0.2, 0) is 9.53 Å². The second-order valence-electron chi connectivity index (χ2n) is 3.99. The molecule has 84 valence electrons. The zero-order chi connectivity index (χ0) is 11.6. The fourth-order valence-electron chi connectivity index (χ4n) is 1.31. The van der Waals surface area contributed by atoms with Crippen LogP contribution in [0.15, 0.2) is 30.3 Å². The van der Waals surface area contributed by atoms with Crippen molar-refractivity contribution in [2.75, 3.05) is 13.7 Å². The summed E-state index contributed by atoms with van der Waals surface area (Å²) in [5, 5.41) is 0. The smallest absolute Gasteiger partial charge is 0.189 e. The molecule has 0 bridgehead atoms. The summed E-state index contributed by atoms with van der Waals surface area (Å²) in [5.41, 5.74) is 0.404. The van der Waals surface area contributed by atoms with Gasteiger partial charge in [0.1, 0.15) is 5.75 Å². The molecule has 1 saturated heterocycles. The van der Waals surface area contributed by atoms with Crippen LogP contribution in [0.3, 0.4) is 0 Å². The largest absolute Gasteiger partial charge is 0.497 e. The third-order valence-corrected chi connectivity index (χ3v) is 2.64. The van der Waals surface area contributed by atoms with E-state index < -0.39 is 5.60 Å². The van der Waals surface area contributed by atoms with Crippen LogP contribution in [0.2, 0.25) is 0 Å². The Morgan fingerprint density at radius 2 is 2.06 bits per heavy atom. The first-order chi connectivity index (χ1) is 7.64. The van der Waals surface area contributed by atoms with Crippen LogP contribution in [0.5, 0.6) is 5.75 Å². The Morgan fingerprint density at radius 1 is 1.44 bits per heavy atom. The minimum Gasteiger partial charge on any atom is -0.497 e. The van der Waals surface area contributed by atoms with Gasteiger partial charge in [-0.2, -0.15) is 0 Å². The minimum atomic E-state index is -0.566. The van der Waals surface area contributed by atoms with Gasteiger partial charge in [0.05, 0.1) is 13.7 Å². The van der Waals surface area contributed by atoms with Crippen molar-refractivity contribution >= 4 is 11.9 Å². The molecular weight excluding hydrogens is 204 g/mol. The van der Waals surface area contributed by atoms with Crippen molar-refractivity contribution in [1.82, 2.24) is 0 Å². The third-order valence-electron chi connectivity index (χ3n) is 2.64. The number of hydrogen-bond donors (Lipinski definition) is 0. The third kappa shape index (κ3) is 2.31. The van der Waals surface area contributed by atoms with Crippen LogP contribution in [-0.4, -0.2) is 25.1 Å². The van der Waals surface area contributed by atoms with Crippen molar-refractivity contribution in [1.29, 1.82) is 0 Å². The van der Waals surface area contributed by atoms with Crippen LogP contribution in [0, 0.1) is 0 Å². The maximum Gasteiger partial charge on any atom is 0.189 e. The average molecular weight is 218 g/mol. The molecule has 3 heteroatoms. The molecular formula is C13H14O3. The van der Waals surface area contributed by atoms with E-state index >= 15 is 0 Å². The van der Waals surface area contributed by atoms with Gasteiger partial charge in [-0.25, -0.2) is 0 Å². The van der Waals surface area contributed by atoms with Crippen molar-refractivity contribution in [3.8, 4) is 5.75 Å². The van der Waals surface area contributed by atoms with Crippen LogP contribution in [0.1, 0.15) is 12.5 Å². The summed E-state index contributed by atoms with van der Waals surface area (Å²) >= 11 is 0. The molecule has 0 amide bonds. The van der Waals surface area contributed by atoms with Crippen molar-refractivity contribution in [2.45, 2.75) is 12.5 Å². The van der Waals surface area contributed by atoms with Gasteiger partial charge in [0.15, 0.2) is 11.4 Å². The second-order valence-corrected chi connectivity index (χ2v) is 3.99. The molecule has 1 fully saturated rings. The summed E-state index contributed by atoms with van der Waals surface area (Å²) in [6, 6.07) is 7.52. The Bertz CT molecular complexity index is 413. The topological polar surface area (TPSA) is 38.8 Å². The average Bonchev–Trinajstić information content (AvgIpc) is 3.06. The van der Waals surface area contributed by atoms with Crippen molar-refractivity contribution in [3.63, 3.8) is 0 Å². The van der Waals surface area contributed by atoms with E-state index in [4.69, 9.17) is 9.47 Å². The first kappa shape index (κ1) is 10.9. The Morgan fingerprint density at radius 3 is 2.56 bits per heavy atom. The van der Waals surface area contributed by atoms with Crippen LogP contribution in [0.4, 0.5) is 0 Å². The summed E-state index contributed by atoms with van der Waals surface area (Å²) in [6.07, 6.45) is 3.35. The van der Waals surface area contributed by atoms with Gasteiger partial charge >= 0.3 is 0 Å². The maximum atomic E-state index is 11.6. The Balaban J connectivity index is 2.03. The molecule has 0 aliphatic carbocycles. The maximum absolute atomic E-state index is 11.6. The van der Waals surface area contributed by atoms with E-state index in [1.165, 1.54) is 0 Å². The number of carbonyl (C=O) groups is 1. The lowest BCUT2D eigenvalue weighted by molar-refractivity contribution is -0.118. The Labute approximate surface area is 94.7 Å². The molecule has 0 saturated carbocycles. The van der Waals surface area contributed by atoms with E-state index in [9.17, 15) is 4.79 Å². The molecule has 1 aromatic rings. The standard InChI is InChI=1S/C13H14O3/c1-13(9-16-13)12(14)8-5-10-3-6-11(15-2)7-4-10/h3-8H,9H2,1-2H3/b8-5-/t13-/m1/s1. The van der Waals surface area contributed by atoms with Crippen LogP contribution >= 0.6 is 0 Å². The van der Waals surface area contributed by atoms with Crippen molar-refractivity contribution < 1.29 is 14.3 Å². The van der Waals surface area contributed by atoms with E-state index in [2.05, 4.69) is 0 Å². The van der Waals surface area contributed by atoms with Gasteiger partial charge in [-0.1, -0.05) is 18.2 Å². The van der Waals surface area contributed by atoms with E-state index in [1.807, 2.05) is 24.3 Å². The molecule has 1 aliphatic rings. The highest BCUT2D eigenvalue weighted by Crippen LogP contribution is 2.27. The summed E-state index contributed by atoms with van der Waals surface area (Å²) in [5.74, 6) is 0.823. The first-order valence-corrected chi connectivity index (χ1v) is 5.14. The van der Waals surface area contributed by atoms with E-state index in [1.54, 1.807) is 26.2 Å². The molecule has 1 aromatic carbocycles. The fourth-order valence-corrected chi connectivity index (χ4v) is 1.31. The number of ether oxygens (including phenoxy) is 2. The van der Waals surface area contributed by atoms with Gasteiger partial charge < -0.3 is 9.47 Å². The van der Waals surface area contributed by atoms with Crippen LogP contribution in [0.25, 0.3) is 6.08 Å². The highest BCUT2D eigenvalue weighted by Gasteiger charge is 2.45. The normalized spacial score (nSPS) is 23.4. The van der Waals surface area contributed by atoms with Gasteiger partial charge in [0.25, 0.3) is 0 Å². The molecule has 16 heavy (non-hydrogen) atoms. The Hall–Kier alpha value is -1.61. The molecule has 1 atom stereocenters. The number of rotatable bonds is 4. The molecule has 1 aliphatic heterocycles. The lowest BCUT2D eigenvalue weighted by Gasteiger charge is -2.00. The summed E-state index contributed by atoms with van der Waals surface area (Å²) < 4.78 is 10.1. The van der Waals surface area contributed by atoms with E-state index in [0.29, 0.717) is 6.61 Å². The number of ketones is 1. The number of epoxide rings is 1. The fraction of sp³-hybridized carbons (Fsp3) is 0.308. The van der Waals surface area contributed by atoms with Crippen molar-refractivity contribution in [3.05, 3.63) is 35.9 Å². The number of methoxy groups -OCH3 is 1. The van der Waals surface area contributed by atoms with Crippen molar-refractivity contribution in [2.24, 2.45) is 0 Å². The summed E-state index contributed by atoms with van der Waals surface area (Å²) in [4.78, 5) is 11.6. The van der Waals surface area contributed by atoms with E-state index in [0.717, 1.165) is 11.3 Å². The molecule has 0 N–H and O–H groups in total. The SMILES string of the molecule is COc1ccc(/C=C\C(=O)[C@@]2(C)CO2)cc1. The number of hydrogen-bond acceptors (Lipinski definition) is 3. The minimum absolute atomic E-state index is 0.0170. The molecule has 0 radical (unpaired) electrons. The van der Waals surface area contributed by atoms with Gasteiger partial charge in [-0.05, 0) is 30.7 Å². The number of benzene rings is 1.